The fourth-order valence-corrected chi connectivity index (χ4v) is 1.50. The summed E-state index contributed by atoms with van der Waals surface area (Å²) in [4.78, 5) is 11.3. The largest absolute Gasteiger partial charge is 0.330 e. The quantitative estimate of drug-likeness (QED) is 0.783. The van der Waals surface area contributed by atoms with Crippen LogP contribution in [0.1, 0.15) is 6.42 Å². The minimum absolute atomic E-state index is 0.0705. The lowest BCUT2D eigenvalue weighted by atomic mass is 10.3. The average Bonchev–Trinajstić information content (AvgIpc) is 2.62. The molecule has 1 heterocycles. The van der Waals surface area contributed by atoms with Crippen LogP contribution in [0.3, 0.4) is 0 Å². The van der Waals surface area contributed by atoms with Crippen LogP contribution in [0.2, 0.25) is 0 Å². The number of rotatable bonds is 3. The van der Waals surface area contributed by atoms with E-state index in [4.69, 9.17) is 5.73 Å². The summed E-state index contributed by atoms with van der Waals surface area (Å²) in [6, 6.07) is 9.82. The lowest BCUT2D eigenvalue weighted by Crippen LogP contribution is -2.24. The highest BCUT2D eigenvalue weighted by Gasteiger charge is 2.02. The van der Waals surface area contributed by atoms with E-state index < -0.39 is 0 Å². The Hall–Kier alpha value is -1.81. The minimum Gasteiger partial charge on any atom is -0.330 e. The van der Waals surface area contributed by atoms with Gasteiger partial charge in [0.2, 0.25) is 5.91 Å². The van der Waals surface area contributed by atoms with Gasteiger partial charge in [-0.25, -0.2) is 0 Å². The lowest BCUT2D eigenvalue weighted by molar-refractivity contribution is -0.116. The van der Waals surface area contributed by atoms with E-state index in [0.717, 1.165) is 10.9 Å². The number of hydrogen-bond donors (Lipinski definition) is 2. The van der Waals surface area contributed by atoms with E-state index in [1.54, 1.807) is 4.68 Å². The van der Waals surface area contributed by atoms with E-state index in [1.807, 2.05) is 36.5 Å². The number of hydrogen-bond acceptors (Lipinski definition) is 2. The maximum atomic E-state index is 11.3. The van der Waals surface area contributed by atoms with Crippen molar-refractivity contribution in [2.24, 2.45) is 5.73 Å². The van der Waals surface area contributed by atoms with Gasteiger partial charge in [0.15, 0.2) is 0 Å². The van der Waals surface area contributed by atoms with Crippen LogP contribution in [0.25, 0.3) is 10.9 Å². The molecule has 2 aromatic rings. The van der Waals surface area contributed by atoms with Crippen molar-refractivity contribution in [3.8, 4) is 0 Å². The predicted octanol–water partition coefficient (Wildman–Crippen LogP) is 1.06. The summed E-state index contributed by atoms with van der Waals surface area (Å²) in [5.41, 5.74) is 9.05. The third-order valence-corrected chi connectivity index (χ3v) is 2.22. The van der Waals surface area contributed by atoms with Gasteiger partial charge in [-0.1, -0.05) is 18.2 Å². The maximum Gasteiger partial charge on any atom is 0.240 e. The number of carbonyl (C=O) groups excluding carboxylic acids is 1. The van der Waals surface area contributed by atoms with Gasteiger partial charge in [-0.05, 0) is 12.1 Å². The molecular formula is C11H13N3O. The van der Waals surface area contributed by atoms with Gasteiger partial charge in [0.1, 0.15) is 0 Å². The second-order valence-electron chi connectivity index (χ2n) is 3.32. The Labute approximate surface area is 87.6 Å². The van der Waals surface area contributed by atoms with Crippen LogP contribution < -0.4 is 11.2 Å². The first-order chi connectivity index (χ1) is 7.31. The summed E-state index contributed by atoms with van der Waals surface area (Å²) >= 11 is 0. The molecule has 15 heavy (non-hydrogen) atoms. The number of nitrogens with one attached hydrogen (secondary N) is 1. The predicted molar refractivity (Wildman–Crippen MR) is 60.0 cm³/mol. The van der Waals surface area contributed by atoms with Crippen LogP contribution >= 0.6 is 0 Å². The monoisotopic (exact) mass is 203 g/mol. The molecule has 0 aliphatic heterocycles. The van der Waals surface area contributed by atoms with E-state index in [-0.39, 0.29) is 5.91 Å². The molecule has 2 rings (SSSR count). The molecule has 3 N–H and O–H groups in total. The number of aromatic nitrogens is 1. The number of fused-ring (bicyclic) bond motifs is 1. The van der Waals surface area contributed by atoms with Gasteiger partial charge in [-0.2, -0.15) is 0 Å². The number of carbonyl (C=O) groups is 1. The molecule has 0 atom stereocenters. The van der Waals surface area contributed by atoms with Gasteiger partial charge in [-0.3, -0.25) is 14.9 Å². The van der Waals surface area contributed by atoms with Crippen molar-refractivity contribution in [3.63, 3.8) is 0 Å². The number of benzene rings is 1. The highest BCUT2D eigenvalue weighted by atomic mass is 16.2. The third-order valence-electron chi connectivity index (χ3n) is 2.22. The van der Waals surface area contributed by atoms with E-state index in [0.29, 0.717) is 13.0 Å². The van der Waals surface area contributed by atoms with Crippen molar-refractivity contribution in [3.05, 3.63) is 36.5 Å². The number of para-hydroxylation sites is 1. The number of nitrogens with two attached hydrogens (primary N) is 1. The Morgan fingerprint density at radius 3 is 2.93 bits per heavy atom. The SMILES string of the molecule is NCCC(=O)Nn1ccc2ccccc21. The highest BCUT2D eigenvalue weighted by Crippen LogP contribution is 2.13. The topological polar surface area (TPSA) is 60.1 Å². The van der Waals surface area contributed by atoms with Crippen molar-refractivity contribution in [1.82, 2.24) is 4.68 Å². The summed E-state index contributed by atoms with van der Waals surface area (Å²) in [5.74, 6) is -0.0705. The van der Waals surface area contributed by atoms with Gasteiger partial charge in [0, 0.05) is 24.5 Å². The number of nitrogens with zero attached hydrogens (tertiary/aromatic N) is 1. The molecular weight excluding hydrogens is 190 g/mol. The van der Waals surface area contributed by atoms with Gasteiger partial charge < -0.3 is 5.73 Å². The van der Waals surface area contributed by atoms with Gasteiger partial charge >= 0.3 is 0 Å². The molecule has 0 spiro atoms. The van der Waals surface area contributed by atoms with Crippen molar-refractivity contribution in [2.75, 3.05) is 12.0 Å². The summed E-state index contributed by atoms with van der Waals surface area (Å²) in [7, 11) is 0. The van der Waals surface area contributed by atoms with E-state index in [9.17, 15) is 4.79 Å². The highest BCUT2D eigenvalue weighted by molar-refractivity contribution is 5.87. The van der Waals surface area contributed by atoms with Crippen LogP contribution in [-0.2, 0) is 4.79 Å². The molecule has 78 valence electrons. The Morgan fingerprint density at radius 1 is 1.33 bits per heavy atom. The molecule has 0 fully saturated rings. The fraction of sp³-hybridized carbons (Fsp3) is 0.182. The third kappa shape index (κ3) is 1.99. The summed E-state index contributed by atoms with van der Waals surface area (Å²) in [5, 5.41) is 1.10. The normalized spacial score (nSPS) is 10.5. The molecule has 4 nitrogen and oxygen atoms in total. The van der Waals surface area contributed by atoms with Crippen molar-refractivity contribution in [2.45, 2.75) is 6.42 Å². The first-order valence-electron chi connectivity index (χ1n) is 4.87. The van der Waals surface area contributed by atoms with E-state index in [1.165, 1.54) is 0 Å². The first-order valence-corrected chi connectivity index (χ1v) is 4.87. The molecule has 0 aliphatic carbocycles. The van der Waals surface area contributed by atoms with Crippen LogP contribution in [0.5, 0.6) is 0 Å². The van der Waals surface area contributed by atoms with Crippen LogP contribution in [-0.4, -0.2) is 17.1 Å². The fourth-order valence-electron chi connectivity index (χ4n) is 1.50. The van der Waals surface area contributed by atoms with Crippen LogP contribution in [0.15, 0.2) is 36.5 Å². The van der Waals surface area contributed by atoms with Crippen LogP contribution in [0.4, 0.5) is 0 Å². The summed E-state index contributed by atoms with van der Waals surface area (Å²) < 4.78 is 1.72. The molecule has 1 amide bonds. The lowest BCUT2D eigenvalue weighted by Gasteiger charge is -2.06. The molecule has 0 aliphatic rings. The molecule has 4 heteroatoms. The van der Waals surface area contributed by atoms with Crippen molar-refractivity contribution in [1.29, 1.82) is 0 Å². The molecule has 0 saturated heterocycles. The summed E-state index contributed by atoms with van der Waals surface area (Å²) in [6.45, 7) is 0.366. The Morgan fingerprint density at radius 2 is 2.13 bits per heavy atom. The minimum atomic E-state index is -0.0705. The molecule has 0 bridgehead atoms. The van der Waals surface area contributed by atoms with Gasteiger partial charge in [0.25, 0.3) is 0 Å². The van der Waals surface area contributed by atoms with E-state index in [2.05, 4.69) is 5.43 Å². The molecule has 0 radical (unpaired) electrons. The zero-order chi connectivity index (χ0) is 10.7. The van der Waals surface area contributed by atoms with E-state index >= 15 is 0 Å². The van der Waals surface area contributed by atoms with Gasteiger partial charge in [0.05, 0.1) is 5.52 Å². The van der Waals surface area contributed by atoms with Crippen molar-refractivity contribution < 1.29 is 4.79 Å². The average molecular weight is 203 g/mol. The first kappa shape index (κ1) is 9.73. The second-order valence-corrected chi connectivity index (χ2v) is 3.32. The number of amides is 1. The Kier molecular flexibility index (Phi) is 2.69. The van der Waals surface area contributed by atoms with Crippen molar-refractivity contribution >= 4 is 16.8 Å². The summed E-state index contributed by atoms with van der Waals surface area (Å²) in [6.07, 6.45) is 2.17. The second kappa shape index (κ2) is 4.14. The maximum absolute atomic E-state index is 11.3. The molecule has 0 saturated carbocycles. The molecule has 1 aromatic heterocycles. The zero-order valence-electron chi connectivity index (χ0n) is 8.31. The van der Waals surface area contributed by atoms with Gasteiger partial charge in [-0.15, -0.1) is 0 Å². The molecule has 0 unspecified atom stereocenters. The molecule has 1 aromatic carbocycles. The zero-order valence-corrected chi connectivity index (χ0v) is 8.31. The standard InChI is InChI=1S/C11H13N3O/c12-7-5-11(15)13-14-8-6-9-3-1-2-4-10(9)14/h1-4,6,8H,5,7,12H2,(H,13,15). The smallest absolute Gasteiger partial charge is 0.240 e. The Bertz CT molecular complexity index is 475. The Balaban J connectivity index is 2.25. The van der Waals surface area contributed by atoms with Crippen LogP contribution in [0, 0.1) is 0 Å².